The van der Waals surface area contributed by atoms with E-state index in [1.807, 2.05) is 35.4 Å². The molecule has 270 valence electrons. The predicted molar refractivity (Wildman–Crippen MR) is 191 cm³/mol. The van der Waals surface area contributed by atoms with Crippen molar-refractivity contribution in [2.75, 3.05) is 33.4 Å². The SMILES string of the molecule is COC(=O)N[C@H](C(=O)N1CCC[C@H]1c1ncc(-c2ccc3cc(-c4ccc(-c5cnc([C@@H]6CC(F)(F)CN6)[nH]5)cc4)ccc3c2)[nH]1)C1CCOCC1. The summed E-state index contributed by atoms with van der Waals surface area (Å²) in [6.45, 7) is 1.38. The summed E-state index contributed by atoms with van der Waals surface area (Å²) >= 11 is 0. The number of H-pyrrole nitrogens is 2. The van der Waals surface area contributed by atoms with Gasteiger partial charge in [-0.3, -0.25) is 4.79 Å². The predicted octanol–water partition coefficient (Wildman–Crippen LogP) is 6.77. The Hall–Kier alpha value is -5.14. The first-order valence-electron chi connectivity index (χ1n) is 17.8. The third-order valence-corrected chi connectivity index (χ3v) is 10.6. The number of carbonyl (C=O) groups is 2. The molecule has 3 aliphatic heterocycles. The van der Waals surface area contributed by atoms with Gasteiger partial charge in [0.25, 0.3) is 5.92 Å². The molecule has 3 aliphatic rings. The number of ether oxygens (including phenoxy) is 2. The number of rotatable bonds is 8. The van der Waals surface area contributed by atoms with Gasteiger partial charge in [0.2, 0.25) is 5.91 Å². The standard InChI is InChI=1S/C39H41F2N7O4/c1-51-38(50)47-34(25-12-15-52-16-13-25)37(49)48-14-2-3-33(48)36-43-21-32(46-36)29-11-10-27-17-26(8-9-28(27)18-29)23-4-6-24(7-5-23)31-20-42-35(45-31)30-19-39(40,41)22-44-30/h4-11,17-18,20-21,25,30,33-34,44H,2-3,12-16,19,22H2,1H3,(H,42,45)(H,43,46)(H,47,50)/t30-,33-,34-/m0/s1. The zero-order valence-corrected chi connectivity index (χ0v) is 28.8. The van der Waals surface area contributed by atoms with E-state index in [9.17, 15) is 18.4 Å². The maximum Gasteiger partial charge on any atom is 0.407 e. The van der Waals surface area contributed by atoms with Gasteiger partial charge in [0.05, 0.1) is 49.5 Å². The van der Waals surface area contributed by atoms with Crippen molar-refractivity contribution in [2.24, 2.45) is 5.92 Å². The van der Waals surface area contributed by atoms with Crippen LogP contribution in [0.25, 0.3) is 44.4 Å². The maximum atomic E-state index is 13.9. The summed E-state index contributed by atoms with van der Waals surface area (Å²) in [5.41, 5.74) is 5.70. The molecule has 3 saturated heterocycles. The van der Waals surface area contributed by atoms with E-state index in [1.54, 1.807) is 6.20 Å². The molecule has 8 rings (SSSR count). The molecule has 3 atom stereocenters. The second kappa shape index (κ2) is 14.1. The lowest BCUT2D eigenvalue weighted by Crippen LogP contribution is -2.53. The van der Waals surface area contributed by atoms with E-state index in [1.165, 1.54) is 7.11 Å². The number of benzene rings is 3. The fourth-order valence-electron chi connectivity index (χ4n) is 7.77. The van der Waals surface area contributed by atoms with Crippen LogP contribution >= 0.6 is 0 Å². The molecule has 5 heterocycles. The van der Waals surface area contributed by atoms with Crippen molar-refractivity contribution < 1.29 is 27.8 Å². The monoisotopic (exact) mass is 709 g/mol. The molecule has 52 heavy (non-hydrogen) atoms. The zero-order valence-electron chi connectivity index (χ0n) is 28.8. The summed E-state index contributed by atoms with van der Waals surface area (Å²) in [6.07, 6.45) is 5.65. The number of imidazole rings is 2. The second-order valence-electron chi connectivity index (χ2n) is 14.0. The minimum atomic E-state index is -2.72. The van der Waals surface area contributed by atoms with E-state index in [2.05, 4.69) is 62.0 Å². The number of aromatic nitrogens is 4. The van der Waals surface area contributed by atoms with E-state index in [4.69, 9.17) is 14.5 Å². The number of nitrogens with zero attached hydrogens (tertiary/aromatic N) is 3. The largest absolute Gasteiger partial charge is 0.453 e. The number of alkyl carbamates (subject to hydrolysis) is 1. The maximum absolute atomic E-state index is 13.9. The Morgan fingerprint density at radius 2 is 1.52 bits per heavy atom. The number of nitrogens with one attached hydrogen (secondary N) is 4. The van der Waals surface area contributed by atoms with Gasteiger partial charge in [0, 0.05) is 31.7 Å². The Bertz CT molecular complexity index is 2070. The molecule has 0 radical (unpaired) electrons. The van der Waals surface area contributed by atoms with Crippen molar-refractivity contribution >= 4 is 22.8 Å². The molecule has 3 aromatic carbocycles. The number of amides is 2. The van der Waals surface area contributed by atoms with Crippen LogP contribution < -0.4 is 10.6 Å². The lowest BCUT2D eigenvalue weighted by atomic mass is 9.90. The highest BCUT2D eigenvalue weighted by molar-refractivity contribution is 5.91. The summed E-state index contributed by atoms with van der Waals surface area (Å²) in [7, 11) is 1.31. The van der Waals surface area contributed by atoms with Crippen LogP contribution in [0.3, 0.4) is 0 Å². The number of aromatic amines is 2. The topological polar surface area (TPSA) is 137 Å². The van der Waals surface area contributed by atoms with Gasteiger partial charge in [-0.25, -0.2) is 23.5 Å². The molecule has 2 aromatic heterocycles. The summed E-state index contributed by atoms with van der Waals surface area (Å²) in [6, 6.07) is 19.4. The minimum Gasteiger partial charge on any atom is -0.453 e. The molecule has 2 amide bonds. The lowest BCUT2D eigenvalue weighted by molar-refractivity contribution is -0.136. The summed E-state index contributed by atoms with van der Waals surface area (Å²) in [5, 5.41) is 7.82. The van der Waals surface area contributed by atoms with Gasteiger partial charge in [-0.05, 0) is 71.2 Å². The molecule has 5 aromatic rings. The van der Waals surface area contributed by atoms with Crippen LogP contribution in [0.1, 0.15) is 55.8 Å². The Morgan fingerprint density at radius 3 is 2.23 bits per heavy atom. The number of hydrogen-bond acceptors (Lipinski definition) is 7. The van der Waals surface area contributed by atoms with Crippen molar-refractivity contribution in [3.8, 4) is 33.6 Å². The average molecular weight is 710 g/mol. The van der Waals surface area contributed by atoms with Crippen LogP contribution in [0.4, 0.5) is 13.6 Å². The van der Waals surface area contributed by atoms with E-state index >= 15 is 0 Å². The normalized spacial score (nSPS) is 21.0. The van der Waals surface area contributed by atoms with Gasteiger partial charge >= 0.3 is 6.09 Å². The van der Waals surface area contributed by atoms with Gasteiger partial charge < -0.3 is 35.0 Å². The summed E-state index contributed by atoms with van der Waals surface area (Å²) < 4.78 is 37.7. The van der Waals surface area contributed by atoms with Gasteiger partial charge in [-0.2, -0.15) is 0 Å². The van der Waals surface area contributed by atoms with Crippen LogP contribution in [0.15, 0.2) is 73.1 Å². The number of carbonyl (C=O) groups excluding carboxylic acids is 2. The van der Waals surface area contributed by atoms with Crippen LogP contribution in [0, 0.1) is 5.92 Å². The number of likely N-dealkylation sites (tertiary alicyclic amines) is 1. The molecular weight excluding hydrogens is 668 g/mol. The molecule has 0 aliphatic carbocycles. The van der Waals surface area contributed by atoms with Crippen molar-refractivity contribution in [1.29, 1.82) is 0 Å². The van der Waals surface area contributed by atoms with E-state index in [-0.39, 0.29) is 30.8 Å². The number of methoxy groups -OCH3 is 1. The Balaban J connectivity index is 0.960. The van der Waals surface area contributed by atoms with E-state index in [0.717, 1.165) is 63.1 Å². The van der Waals surface area contributed by atoms with Crippen molar-refractivity contribution in [3.63, 3.8) is 0 Å². The first-order valence-corrected chi connectivity index (χ1v) is 17.8. The average Bonchev–Trinajstić information content (AvgIpc) is 4.00. The van der Waals surface area contributed by atoms with Gasteiger partial charge in [-0.15, -0.1) is 0 Å². The Morgan fingerprint density at radius 1 is 0.885 bits per heavy atom. The third-order valence-electron chi connectivity index (χ3n) is 10.6. The van der Waals surface area contributed by atoms with Gasteiger partial charge in [-0.1, -0.05) is 48.5 Å². The summed E-state index contributed by atoms with van der Waals surface area (Å²) in [5.74, 6) is -1.60. The molecule has 11 nitrogen and oxygen atoms in total. The Kier molecular flexibility index (Phi) is 9.22. The fourth-order valence-corrected chi connectivity index (χ4v) is 7.77. The number of alkyl halides is 2. The minimum absolute atomic E-state index is 0.0249. The quantitative estimate of drug-likeness (QED) is 0.140. The number of fused-ring (bicyclic) bond motifs is 1. The molecule has 4 N–H and O–H groups in total. The molecule has 0 bridgehead atoms. The van der Waals surface area contributed by atoms with Gasteiger partial charge in [0.15, 0.2) is 0 Å². The molecule has 0 spiro atoms. The van der Waals surface area contributed by atoms with Crippen molar-refractivity contribution in [1.82, 2.24) is 35.5 Å². The molecule has 0 unspecified atom stereocenters. The van der Waals surface area contributed by atoms with Gasteiger partial charge in [0.1, 0.15) is 17.7 Å². The fraction of sp³-hybridized carbons (Fsp3) is 0.385. The number of halogens is 2. The number of hydrogen-bond donors (Lipinski definition) is 4. The third kappa shape index (κ3) is 6.90. The van der Waals surface area contributed by atoms with Crippen LogP contribution in [-0.4, -0.2) is 82.2 Å². The second-order valence-corrected chi connectivity index (χ2v) is 14.0. The Labute approximate surface area is 299 Å². The first-order chi connectivity index (χ1) is 25.2. The molecule has 3 fully saturated rings. The van der Waals surface area contributed by atoms with E-state index in [0.29, 0.717) is 38.4 Å². The van der Waals surface area contributed by atoms with Crippen LogP contribution in [0.5, 0.6) is 0 Å². The summed E-state index contributed by atoms with van der Waals surface area (Å²) in [4.78, 5) is 43.8. The van der Waals surface area contributed by atoms with Crippen molar-refractivity contribution in [2.45, 2.75) is 56.2 Å². The molecular formula is C39H41F2N7O4. The molecule has 0 saturated carbocycles. The van der Waals surface area contributed by atoms with E-state index < -0.39 is 24.1 Å². The van der Waals surface area contributed by atoms with Crippen molar-refractivity contribution in [3.05, 3.63) is 84.7 Å². The van der Waals surface area contributed by atoms with Crippen LogP contribution in [0.2, 0.25) is 0 Å². The lowest BCUT2D eigenvalue weighted by Gasteiger charge is -2.34. The highest BCUT2D eigenvalue weighted by atomic mass is 19.3. The highest BCUT2D eigenvalue weighted by Crippen LogP contribution is 2.36. The smallest absolute Gasteiger partial charge is 0.407 e. The first kappa shape index (κ1) is 34.0. The highest BCUT2D eigenvalue weighted by Gasteiger charge is 2.41. The zero-order chi connectivity index (χ0) is 35.8. The molecule has 13 heteroatoms. The van der Waals surface area contributed by atoms with Crippen LogP contribution in [-0.2, 0) is 14.3 Å².